The Balaban J connectivity index is 1.97. The second-order valence-corrected chi connectivity index (χ2v) is 7.17. The van der Waals surface area contributed by atoms with E-state index in [9.17, 15) is 4.79 Å². The summed E-state index contributed by atoms with van der Waals surface area (Å²) in [7, 11) is 0. The minimum absolute atomic E-state index is 0.243. The number of anilines is 2. The molecule has 6 heteroatoms. The average molecular weight is 430 g/mol. The first-order chi connectivity index (χ1) is 15.2. The molecule has 5 nitrogen and oxygen atoms in total. The lowest BCUT2D eigenvalue weighted by Crippen LogP contribution is -2.13. The molecule has 4 aromatic rings. The number of ether oxygens (including phenoxy) is 1. The van der Waals surface area contributed by atoms with Crippen molar-refractivity contribution in [3.8, 4) is 22.4 Å². The van der Waals surface area contributed by atoms with E-state index in [1.165, 1.54) is 0 Å². The fraction of sp³-hybridized carbons (Fsp3) is 0.0800. The molecule has 0 bridgehead atoms. The molecule has 1 aromatic heterocycles. The van der Waals surface area contributed by atoms with Crippen LogP contribution in [0.2, 0.25) is 5.02 Å². The zero-order valence-electron chi connectivity index (χ0n) is 16.9. The molecule has 0 saturated carbocycles. The summed E-state index contributed by atoms with van der Waals surface area (Å²) in [4.78, 5) is 13.1. The third kappa shape index (κ3) is 4.57. The molecule has 1 heterocycles. The Labute approximate surface area is 185 Å². The standard InChI is InChI=1S/C25H20ClN3O2/c1-2-31-25(30)22-21(17-10-5-3-6-11-17)23(18-12-7-4-8-13-18)28-29-24(22)27-20-15-9-14-19(26)16-20/h3-16H,2H2,1H3,(H,27,29). The average Bonchev–Trinajstić information content (AvgIpc) is 2.80. The van der Waals surface area contributed by atoms with Gasteiger partial charge in [-0.3, -0.25) is 0 Å². The fourth-order valence-corrected chi connectivity index (χ4v) is 3.50. The van der Waals surface area contributed by atoms with E-state index in [2.05, 4.69) is 15.5 Å². The van der Waals surface area contributed by atoms with Gasteiger partial charge in [-0.05, 0) is 30.7 Å². The number of hydrogen-bond acceptors (Lipinski definition) is 5. The summed E-state index contributed by atoms with van der Waals surface area (Å²) in [5.74, 6) is -0.169. The molecule has 0 spiro atoms. The Morgan fingerprint density at radius 2 is 1.58 bits per heavy atom. The zero-order valence-corrected chi connectivity index (χ0v) is 17.6. The van der Waals surface area contributed by atoms with E-state index in [-0.39, 0.29) is 6.61 Å². The highest BCUT2D eigenvalue weighted by Crippen LogP contribution is 2.37. The molecule has 0 atom stereocenters. The molecular formula is C25H20ClN3O2. The Kier molecular flexibility index (Phi) is 6.24. The lowest BCUT2D eigenvalue weighted by molar-refractivity contribution is 0.0528. The van der Waals surface area contributed by atoms with Crippen molar-refractivity contribution in [1.29, 1.82) is 0 Å². The van der Waals surface area contributed by atoms with Crippen LogP contribution in [0.1, 0.15) is 17.3 Å². The molecule has 0 amide bonds. The molecule has 0 saturated heterocycles. The highest BCUT2D eigenvalue weighted by Gasteiger charge is 2.25. The van der Waals surface area contributed by atoms with Crippen LogP contribution in [0.5, 0.6) is 0 Å². The van der Waals surface area contributed by atoms with E-state index in [1.54, 1.807) is 19.1 Å². The fourth-order valence-electron chi connectivity index (χ4n) is 3.31. The first kappa shape index (κ1) is 20.6. The van der Waals surface area contributed by atoms with Gasteiger partial charge < -0.3 is 10.1 Å². The van der Waals surface area contributed by atoms with Crippen LogP contribution in [0.15, 0.2) is 84.9 Å². The van der Waals surface area contributed by atoms with Crippen LogP contribution in [0, 0.1) is 0 Å². The van der Waals surface area contributed by atoms with Gasteiger partial charge in [-0.2, -0.15) is 0 Å². The first-order valence-electron chi connectivity index (χ1n) is 9.88. The number of aromatic nitrogens is 2. The monoisotopic (exact) mass is 429 g/mol. The molecule has 0 aliphatic rings. The predicted molar refractivity (Wildman–Crippen MR) is 124 cm³/mol. The molecule has 0 unspecified atom stereocenters. The third-order valence-electron chi connectivity index (χ3n) is 4.65. The number of carbonyl (C=O) groups is 1. The lowest BCUT2D eigenvalue weighted by Gasteiger charge is -2.17. The van der Waals surface area contributed by atoms with Gasteiger partial charge in [0.15, 0.2) is 5.82 Å². The van der Waals surface area contributed by atoms with E-state index < -0.39 is 5.97 Å². The van der Waals surface area contributed by atoms with Crippen LogP contribution in [0.25, 0.3) is 22.4 Å². The Bertz CT molecular complexity index is 1200. The molecule has 0 aliphatic heterocycles. The second kappa shape index (κ2) is 9.41. The summed E-state index contributed by atoms with van der Waals surface area (Å²) in [6.07, 6.45) is 0. The molecule has 0 aliphatic carbocycles. The third-order valence-corrected chi connectivity index (χ3v) is 4.89. The maximum Gasteiger partial charge on any atom is 0.342 e. The highest BCUT2D eigenvalue weighted by molar-refractivity contribution is 6.30. The van der Waals surface area contributed by atoms with Gasteiger partial charge in [-0.1, -0.05) is 78.3 Å². The predicted octanol–water partition coefficient (Wildman–Crippen LogP) is 6.38. The maximum atomic E-state index is 13.1. The molecule has 0 fully saturated rings. The lowest BCUT2D eigenvalue weighted by atomic mass is 9.95. The summed E-state index contributed by atoms with van der Waals surface area (Å²) in [5, 5.41) is 12.6. The topological polar surface area (TPSA) is 64.1 Å². The van der Waals surface area contributed by atoms with Gasteiger partial charge in [-0.15, -0.1) is 10.2 Å². The van der Waals surface area contributed by atoms with Crippen LogP contribution in [0.3, 0.4) is 0 Å². The van der Waals surface area contributed by atoms with Crippen molar-refractivity contribution in [3.05, 3.63) is 95.5 Å². The number of benzene rings is 3. The van der Waals surface area contributed by atoms with Gasteiger partial charge >= 0.3 is 5.97 Å². The summed E-state index contributed by atoms with van der Waals surface area (Å²) < 4.78 is 5.41. The number of carbonyl (C=O) groups excluding carboxylic acids is 1. The van der Waals surface area contributed by atoms with Crippen LogP contribution < -0.4 is 5.32 Å². The van der Waals surface area contributed by atoms with E-state index in [4.69, 9.17) is 16.3 Å². The van der Waals surface area contributed by atoms with Crippen molar-refractivity contribution in [1.82, 2.24) is 10.2 Å². The molecule has 0 radical (unpaired) electrons. The van der Waals surface area contributed by atoms with Gasteiger partial charge in [0.05, 0.1) is 6.61 Å². The highest BCUT2D eigenvalue weighted by atomic mass is 35.5. The summed E-state index contributed by atoms with van der Waals surface area (Å²) in [5.41, 5.74) is 3.97. The Morgan fingerprint density at radius 3 is 2.23 bits per heavy atom. The van der Waals surface area contributed by atoms with Crippen molar-refractivity contribution in [2.45, 2.75) is 6.92 Å². The van der Waals surface area contributed by atoms with Crippen LogP contribution in [0.4, 0.5) is 11.5 Å². The summed E-state index contributed by atoms with van der Waals surface area (Å²) in [6.45, 7) is 2.02. The van der Waals surface area contributed by atoms with Crippen molar-refractivity contribution in [2.75, 3.05) is 11.9 Å². The van der Waals surface area contributed by atoms with Crippen LogP contribution in [-0.4, -0.2) is 22.8 Å². The van der Waals surface area contributed by atoms with Gasteiger partial charge in [0.1, 0.15) is 11.3 Å². The molecule has 154 valence electrons. The molecule has 1 N–H and O–H groups in total. The van der Waals surface area contributed by atoms with Gasteiger partial charge in [0.25, 0.3) is 0 Å². The van der Waals surface area contributed by atoms with E-state index in [0.717, 1.165) is 11.1 Å². The first-order valence-corrected chi connectivity index (χ1v) is 10.3. The number of nitrogens with zero attached hydrogens (tertiary/aromatic N) is 2. The number of rotatable bonds is 6. The molecular weight excluding hydrogens is 410 g/mol. The van der Waals surface area contributed by atoms with E-state index in [1.807, 2.05) is 72.8 Å². The number of halogens is 1. The van der Waals surface area contributed by atoms with E-state index >= 15 is 0 Å². The van der Waals surface area contributed by atoms with Crippen LogP contribution >= 0.6 is 11.6 Å². The van der Waals surface area contributed by atoms with Gasteiger partial charge in [0, 0.05) is 21.8 Å². The van der Waals surface area contributed by atoms with Crippen molar-refractivity contribution in [2.24, 2.45) is 0 Å². The zero-order chi connectivity index (χ0) is 21.6. The Hall–Kier alpha value is -3.70. The normalized spacial score (nSPS) is 10.5. The SMILES string of the molecule is CCOC(=O)c1c(Nc2cccc(Cl)c2)nnc(-c2ccccc2)c1-c1ccccc1. The molecule has 31 heavy (non-hydrogen) atoms. The summed E-state index contributed by atoms with van der Waals surface area (Å²) >= 11 is 6.13. The minimum Gasteiger partial charge on any atom is -0.462 e. The quantitative estimate of drug-likeness (QED) is 0.360. The van der Waals surface area contributed by atoms with Crippen molar-refractivity contribution >= 4 is 29.1 Å². The van der Waals surface area contributed by atoms with Gasteiger partial charge in [-0.25, -0.2) is 4.79 Å². The summed E-state index contributed by atoms with van der Waals surface area (Å²) in [6, 6.07) is 26.5. The minimum atomic E-state index is -0.474. The van der Waals surface area contributed by atoms with Crippen molar-refractivity contribution in [3.63, 3.8) is 0 Å². The van der Waals surface area contributed by atoms with Crippen LogP contribution in [-0.2, 0) is 4.74 Å². The largest absolute Gasteiger partial charge is 0.462 e. The van der Waals surface area contributed by atoms with Gasteiger partial charge in [0.2, 0.25) is 0 Å². The number of hydrogen-bond donors (Lipinski definition) is 1. The van der Waals surface area contributed by atoms with E-state index in [0.29, 0.717) is 33.3 Å². The smallest absolute Gasteiger partial charge is 0.342 e. The number of nitrogens with one attached hydrogen (secondary N) is 1. The maximum absolute atomic E-state index is 13.1. The second-order valence-electron chi connectivity index (χ2n) is 6.74. The van der Waals surface area contributed by atoms with Crippen molar-refractivity contribution < 1.29 is 9.53 Å². The molecule has 4 rings (SSSR count). The molecule has 3 aromatic carbocycles. The number of esters is 1. The Morgan fingerprint density at radius 1 is 0.903 bits per heavy atom.